The van der Waals surface area contributed by atoms with Crippen molar-refractivity contribution in [2.24, 2.45) is 0 Å². The SMILES string of the molecule is COc1ccc(CCNC(=O)CCN(CC2CCCO2)C(=O)c2cnccn2)cc1OC. The number of rotatable bonds is 11. The minimum absolute atomic E-state index is 0.0104. The maximum absolute atomic E-state index is 12.9. The second kappa shape index (κ2) is 12.0. The third-order valence-electron chi connectivity index (χ3n) is 5.31. The van der Waals surface area contributed by atoms with Crippen molar-refractivity contribution in [3.63, 3.8) is 0 Å². The molecule has 0 saturated carbocycles. The van der Waals surface area contributed by atoms with Gasteiger partial charge in [0.15, 0.2) is 11.5 Å². The van der Waals surface area contributed by atoms with Crippen LogP contribution in [0.1, 0.15) is 35.3 Å². The first kappa shape index (κ1) is 23.5. The van der Waals surface area contributed by atoms with Crippen molar-refractivity contribution in [1.29, 1.82) is 0 Å². The van der Waals surface area contributed by atoms with Crippen LogP contribution < -0.4 is 14.8 Å². The predicted octanol–water partition coefficient (Wildman–Crippen LogP) is 1.86. The van der Waals surface area contributed by atoms with E-state index < -0.39 is 0 Å². The lowest BCUT2D eigenvalue weighted by atomic mass is 10.1. The third kappa shape index (κ3) is 6.65. The standard InChI is InChI=1S/C23H30N4O5/c1-30-20-6-5-17(14-21(20)31-2)7-9-26-22(28)8-12-27(16-18-4-3-13-32-18)23(29)19-15-24-10-11-25-19/h5-6,10-11,14-15,18H,3-4,7-9,12-13,16H2,1-2H3,(H,26,28). The van der Waals surface area contributed by atoms with Gasteiger partial charge in [-0.1, -0.05) is 6.07 Å². The fourth-order valence-electron chi connectivity index (χ4n) is 3.59. The van der Waals surface area contributed by atoms with E-state index in [-0.39, 0.29) is 36.6 Å². The van der Waals surface area contributed by atoms with Crippen molar-refractivity contribution >= 4 is 11.8 Å². The highest BCUT2D eigenvalue weighted by atomic mass is 16.5. The van der Waals surface area contributed by atoms with Crippen LogP contribution in [-0.2, 0) is 16.0 Å². The largest absolute Gasteiger partial charge is 0.493 e. The molecule has 2 amide bonds. The summed E-state index contributed by atoms with van der Waals surface area (Å²) in [6.45, 7) is 1.92. The highest BCUT2D eigenvalue weighted by Gasteiger charge is 2.24. The van der Waals surface area contributed by atoms with E-state index in [0.717, 1.165) is 18.4 Å². The lowest BCUT2D eigenvalue weighted by Gasteiger charge is -2.25. The minimum Gasteiger partial charge on any atom is -0.493 e. The summed E-state index contributed by atoms with van der Waals surface area (Å²) < 4.78 is 16.2. The Morgan fingerprint density at radius 1 is 1.22 bits per heavy atom. The summed E-state index contributed by atoms with van der Waals surface area (Å²) in [5.41, 5.74) is 1.29. The van der Waals surface area contributed by atoms with Crippen molar-refractivity contribution < 1.29 is 23.8 Å². The normalized spacial score (nSPS) is 15.2. The molecule has 0 spiro atoms. The van der Waals surface area contributed by atoms with Crippen LogP contribution in [0.25, 0.3) is 0 Å². The zero-order chi connectivity index (χ0) is 22.8. The summed E-state index contributed by atoms with van der Waals surface area (Å²) in [7, 11) is 3.18. The quantitative estimate of drug-likeness (QED) is 0.567. The van der Waals surface area contributed by atoms with Gasteiger partial charge in [0.2, 0.25) is 5.91 Å². The van der Waals surface area contributed by atoms with E-state index in [0.29, 0.717) is 37.6 Å². The average Bonchev–Trinajstić information content (AvgIpc) is 3.35. The van der Waals surface area contributed by atoms with Gasteiger partial charge in [0, 0.05) is 45.1 Å². The molecule has 1 fully saturated rings. The minimum atomic E-state index is -0.244. The molecule has 2 heterocycles. The van der Waals surface area contributed by atoms with Crippen LogP contribution in [0.3, 0.4) is 0 Å². The molecule has 9 nitrogen and oxygen atoms in total. The molecule has 1 N–H and O–H groups in total. The molecular weight excluding hydrogens is 412 g/mol. The van der Waals surface area contributed by atoms with Gasteiger partial charge >= 0.3 is 0 Å². The number of carbonyl (C=O) groups excluding carboxylic acids is 2. The van der Waals surface area contributed by atoms with E-state index in [4.69, 9.17) is 14.2 Å². The van der Waals surface area contributed by atoms with Gasteiger partial charge in [-0.25, -0.2) is 4.98 Å². The molecule has 1 unspecified atom stereocenters. The number of carbonyl (C=O) groups is 2. The van der Waals surface area contributed by atoms with Gasteiger partial charge in [-0.05, 0) is 37.0 Å². The summed E-state index contributed by atoms with van der Waals surface area (Å²) in [6.07, 6.45) is 7.17. The zero-order valence-electron chi connectivity index (χ0n) is 18.6. The highest BCUT2D eigenvalue weighted by Crippen LogP contribution is 2.27. The Labute approximate surface area is 188 Å². The van der Waals surface area contributed by atoms with Gasteiger partial charge in [-0.15, -0.1) is 0 Å². The number of nitrogens with one attached hydrogen (secondary N) is 1. The first-order valence-corrected chi connectivity index (χ1v) is 10.7. The van der Waals surface area contributed by atoms with Gasteiger partial charge in [0.25, 0.3) is 5.91 Å². The van der Waals surface area contributed by atoms with Crippen LogP contribution in [-0.4, -0.2) is 73.2 Å². The van der Waals surface area contributed by atoms with Crippen LogP contribution in [0.15, 0.2) is 36.8 Å². The van der Waals surface area contributed by atoms with Crippen molar-refractivity contribution in [2.45, 2.75) is 31.8 Å². The summed E-state index contributed by atoms with van der Waals surface area (Å²) in [6, 6.07) is 5.68. The fraction of sp³-hybridized carbons (Fsp3) is 0.478. The van der Waals surface area contributed by atoms with Gasteiger partial charge in [0.1, 0.15) is 5.69 Å². The maximum atomic E-state index is 12.9. The Kier molecular flexibility index (Phi) is 8.79. The molecule has 2 aromatic rings. The average molecular weight is 443 g/mol. The predicted molar refractivity (Wildman–Crippen MR) is 118 cm³/mol. The number of methoxy groups -OCH3 is 2. The first-order valence-electron chi connectivity index (χ1n) is 10.7. The summed E-state index contributed by atoms with van der Waals surface area (Å²) in [5.74, 6) is 0.963. The molecule has 0 aliphatic carbocycles. The van der Waals surface area contributed by atoms with E-state index in [1.54, 1.807) is 19.1 Å². The van der Waals surface area contributed by atoms with Crippen LogP contribution in [0.2, 0.25) is 0 Å². The molecule has 0 radical (unpaired) electrons. The van der Waals surface area contributed by atoms with E-state index in [1.165, 1.54) is 18.6 Å². The van der Waals surface area contributed by atoms with Crippen LogP contribution in [0.5, 0.6) is 11.5 Å². The second-order valence-electron chi connectivity index (χ2n) is 7.52. The number of amides is 2. The van der Waals surface area contributed by atoms with Gasteiger partial charge in [-0.2, -0.15) is 0 Å². The summed E-state index contributed by atoms with van der Waals surface area (Å²) >= 11 is 0. The van der Waals surface area contributed by atoms with Crippen molar-refractivity contribution in [2.75, 3.05) is 40.5 Å². The van der Waals surface area contributed by atoms with Crippen LogP contribution in [0.4, 0.5) is 0 Å². The molecule has 1 aliphatic rings. The van der Waals surface area contributed by atoms with Gasteiger partial charge < -0.3 is 24.4 Å². The number of hydrogen-bond acceptors (Lipinski definition) is 7. The van der Waals surface area contributed by atoms with Gasteiger partial charge in [0.05, 0.1) is 26.5 Å². The summed E-state index contributed by atoms with van der Waals surface area (Å²) in [5, 5.41) is 2.92. The molecule has 1 aromatic carbocycles. The van der Waals surface area contributed by atoms with Gasteiger partial charge in [-0.3, -0.25) is 14.6 Å². The third-order valence-corrected chi connectivity index (χ3v) is 5.31. The fourth-order valence-corrected chi connectivity index (χ4v) is 3.59. The molecular formula is C23H30N4O5. The highest BCUT2D eigenvalue weighted by molar-refractivity contribution is 5.92. The van der Waals surface area contributed by atoms with E-state index in [1.807, 2.05) is 18.2 Å². The number of hydrogen-bond donors (Lipinski definition) is 1. The Bertz CT molecular complexity index is 887. The Morgan fingerprint density at radius 3 is 2.75 bits per heavy atom. The molecule has 9 heteroatoms. The van der Waals surface area contributed by atoms with Crippen LogP contribution >= 0.6 is 0 Å². The summed E-state index contributed by atoms with van der Waals surface area (Å²) in [4.78, 5) is 35.0. The van der Waals surface area contributed by atoms with E-state index in [2.05, 4.69) is 15.3 Å². The van der Waals surface area contributed by atoms with Crippen molar-refractivity contribution in [3.8, 4) is 11.5 Å². The number of nitrogens with zero attached hydrogens (tertiary/aromatic N) is 3. The lowest BCUT2D eigenvalue weighted by molar-refractivity contribution is -0.121. The number of benzene rings is 1. The van der Waals surface area contributed by atoms with Crippen LogP contribution in [0, 0.1) is 0 Å². The lowest BCUT2D eigenvalue weighted by Crippen LogP contribution is -2.40. The number of aromatic nitrogens is 2. The molecule has 1 aromatic heterocycles. The van der Waals surface area contributed by atoms with E-state index >= 15 is 0 Å². The first-order chi connectivity index (χ1) is 15.6. The molecule has 3 rings (SSSR count). The number of ether oxygens (including phenoxy) is 3. The van der Waals surface area contributed by atoms with Crippen molar-refractivity contribution in [3.05, 3.63) is 48.0 Å². The topological polar surface area (TPSA) is 103 Å². The molecule has 172 valence electrons. The van der Waals surface area contributed by atoms with E-state index in [9.17, 15) is 9.59 Å². The molecule has 1 atom stereocenters. The maximum Gasteiger partial charge on any atom is 0.274 e. The molecule has 0 bridgehead atoms. The Hall–Kier alpha value is -3.20. The Balaban J connectivity index is 1.50. The second-order valence-corrected chi connectivity index (χ2v) is 7.52. The monoisotopic (exact) mass is 442 g/mol. The molecule has 1 saturated heterocycles. The molecule has 32 heavy (non-hydrogen) atoms. The zero-order valence-corrected chi connectivity index (χ0v) is 18.6. The molecule has 1 aliphatic heterocycles. The van der Waals surface area contributed by atoms with Crippen molar-refractivity contribution in [1.82, 2.24) is 20.2 Å². The smallest absolute Gasteiger partial charge is 0.274 e. The Morgan fingerprint density at radius 2 is 2.06 bits per heavy atom.